The van der Waals surface area contributed by atoms with E-state index >= 15 is 0 Å². The number of nitrogens with zero attached hydrogens (tertiary/aromatic N) is 1. The molecule has 0 bridgehead atoms. The molecule has 0 aromatic heterocycles. The highest BCUT2D eigenvalue weighted by molar-refractivity contribution is 5.69. The molecule has 0 saturated carbocycles. The lowest BCUT2D eigenvalue weighted by Gasteiger charge is -2.32. The van der Waals surface area contributed by atoms with Crippen molar-refractivity contribution in [2.24, 2.45) is 0 Å². The molecule has 1 fully saturated rings. The van der Waals surface area contributed by atoms with Crippen LogP contribution in [0.25, 0.3) is 0 Å². The first kappa shape index (κ1) is 21.3. The fraction of sp³-hybridized carbons (Fsp3) is 0.296. The first-order valence-electron chi connectivity index (χ1n) is 11.4. The third kappa shape index (κ3) is 5.29. The Morgan fingerprint density at radius 3 is 2.21 bits per heavy atom. The number of alkyl carbamates (subject to hydrolysis) is 1. The molecule has 1 saturated heterocycles. The van der Waals surface area contributed by atoms with Gasteiger partial charge in [0.25, 0.3) is 0 Å². The van der Waals surface area contributed by atoms with Crippen molar-refractivity contribution in [1.29, 1.82) is 0 Å². The zero-order valence-electron chi connectivity index (χ0n) is 18.5. The number of piperidine rings is 1. The van der Waals surface area contributed by atoms with Crippen molar-refractivity contribution in [2.45, 2.75) is 31.5 Å². The molecular weight excluding hydrogens is 416 g/mol. The zero-order valence-corrected chi connectivity index (χ0v) is 18.5. The Bertz CT molecular complexity index is 1030. The minimum absolute atomic E-state index is 0.0785. The Kier molecular flexibility index (Phi) is 6.44. The average molecular weight is 445 g/mol. The van der Waals surface area contributed by atoms with Crippen LogP contribution in [0.2, 0.25) is 0 Å². The van der Waals surface area contributed by atoms with Crippen LogP contribution in [-0.4, -0.2) is 37.0 Å². The first-order valence-corrected chi connectivity index (χ1v) is 11.4. The largest absolute Gasteiger partial charge is 0.454 e. The van der Waals surface area contributed by atoms with Crippen LogP contribution in [0.4, 0.5) is 4.79 Å². The predicted octanol–water partition coefficient (Wildman–Crippen LogP) is 4.90. The standard InChI is InChI=1S/C27H28N2O4/c30-27(28-26(21-7-3-1-4-8-21)22-9-5-2-6-10-22)33-23-13-15-29(16-14-23)18-20-11-12-24-25(17-20)32-19-31-24/h1-12,17,23,26H,13-16,18-19H2,(H,28,30). The summed E-state index contributed by atoms with van der Waals surface area (Å²) in [5, 5.41) is 3.07. The topological polar surface area (TPSA) is 60.0 Å². The van der Waals surface area contributed by atoms with Crippen molar-refractivity contribution in [3.63, 3.8) is 0 Å². The van der Waals surface area contributed by atoms with Gasteiger partial charge in [0.1, 0.15) is 6.10 Å². The van der Waals surface area contributed by atoms with Crippen LogP contribution >= 0.6 is 0 Å². The van der Waals surface area contributed by atoms with E-state index in [2.05, 4.69) is 16.3 Å². The van der Waals surface area contributed by atoms with E-state index in [0.29, 0.717) is 6.79 Å². The molecule has 5 rings (SSSR count). The van der Waals surface area contributed by atoms with E-state index in [9.17, 15) is 4.79 Å². The summed E-state index contributed by atoms with van der Waals surface area (Å²) in [6.45, 7) is 2.90. The number of rotatable bonds is 6. The maximum atomic E-state index is 12.8. The molecule has 1 amide bonds. The molecule has 2 aliphatic heterocycles. The number of amides is 1. The summed E-state index contributed by atoms with van der Waals surface area (Å²) in [4.78, 5) is 15.2. The highest BCUT2D eigenvalue weighted by Crippen LogP contribution is 2.33. The normalized spacial score (nSPS) is 16.0. The number of ether oxygens (including phenoxy) is 3. The number of hydrogen-bond donors (Lipinski definition) is 1. The lowest BCUT2D eigenvalue weighted by molar-refractivity contribution is 0.0476. The van der Waals surface area contributed by atoms with E-state index in [4.69, 9.17) is 14.2 Å². The number of carbonyl (C=O) groups excluding carboxylic acids is 1. The van der Waals surface area contributed by atoms with E-state index in [1.807, 2.05) is 72.8 Å². The monoisotopic (exact) mass is 444 g/mol. The van der Waals surface area contributed by atoms with Crippen LogP contribution < -0.4 is 14.8 Å². The lowest BCUT2D eigenvalue weighted by Crippen LogP contribution is -2.40. The van der Waals surface area contributed by atoms with Gasteiger partial charge in [-0.1, -0.05) is 66.7 Å². The Labute approximate surface area is 194 Å². The van der Waals surface area contributed by atoms with Gasteiger partial charge in [0.05, 0.1) is 6.04 Å². The second-order valence-electron chi connectivity index (χ2n) is 8.47. The van der Waals surface area contributed by atoms with Crippen LogP contribution in [0.5, 0.6) is 11.5 Å². The van der Waals surface area contributed by atoms with Gasteiger partial charge in [0, 0.05) is 19.6 Å². The van der Waals surface area contributed by atoms with E-state index < -0.39 is 0 Å². The number of fused-ring (bicyclic) bond motifs is 1. The second kappa shape index (κ2) is 9.96. The highest BCUT2D eigenvalue weighted by atomic mass is 16.7. The Morgan fingerprint density at radius 2 is 1.55 bits per heavy atom. The highest BCUT2D eigenvalue weighted by Gasteiger charge is 2.25. The molecule has 3 aromatic carbocycles. The van der Waals surface area contributed by atoms with Gasteiger partial charge in [-0.2, -0.15) is 0 Å². The third-order valence-corrected chi connectivity index (χ3v) is 6.18. The van der Waals surface area contributed by atoms with Gasteiger partial charge in [-0.05, 0) is 41.7 Å². The average Bonchev–Trinajstić information content (AvgIpc) is 3.33. The van der Waals surface area contributed by atoms with E-state index in [-0.39, 0.29) is 18.2 Å². The van der Waals surface area contributed by atoms with Crippen LogP contribution in [-0.2, 0) is 11.3 Å². The van der Waals surface area contributed by atoms with Crippen LogP contribution in [0.1, 0.15) is 35.6 Å². The molecule has 33 heavy (non-hydrogen) atoms. The minimum atomic E-state index is -0.373. The van der Waals surface area contributed by atoms with Crippen molar-refractivity contribution in [3.8, 4) is 11.5 Å². The molecule has 0 unspecified atom stereocenters. The molecule has 3 aromatic rings. The van der Waals surface area contributed by atoms with Crippen molar-refractivity contribution in [3.05, 3.63) is 95.6 Å². The SMILES string of the molecule is O=C(NC(c1ccccc1)c1ccccc1)OC1CCN(Cc2ccc3c(c2)OCO3)CC1. The molecule has 2 heterocycles. The molecule has 0 radical (unpaired) electrons. The van der Waals surface area contributed by atoms with Gasteiger partial charge < -0.3 is 19.5 Å². The zero-order chi connectivity index (χ0) is 22.5. The second-order valence-corrected chi connectivity index (χ2v) is 8.47. The maximum Gasteiger partial charge on any atom is 0.408 e. The van der Waals surface area contributed by atoms with Gasteiger partial charge in [0.2, 0.25) is 6.79 Å². The summed E-state index contributed by atoms with van der Waals surface area (Å²) in [5.41, 5.74) is 3.25. The Balaban J connectivity index is 1.14. The van der Waals surface area contributed by atoms with E-state index in [1.165, 1.54) is 5.56 Å². The summed E-state index contributed by atoms with van der Waals surface area (Å²) in [7, 11) is 0. The summed E-state index contributed by atoms with van der Waals surface area (Å²) in [6, 6.07) is 25.8. The predicted molar refractivity (Wildman–Crippen MR) is 125 cm³/mol. The molecule has 0 spiro atoms. The van der Waals surface area contributed by atoms with Crippen LogP contribution in [0, 0.1) is 0 Å². The van der Waals surface area contributed by atoms with Gasteiger partial charge in [-0.15, -0.1) is 0 Å². The summed E-state index contributed by atoms with van der Waals surface area (Å²) in [6.07, 6.45) is 1.19. The third-order valence-electron chi connectivity index (χ3n) is 6.18. The van der Waals surface area contributed by atoms with Crippen molar-refractivity contribution >= 4 is 6.09 Å². The van der Waals surface area contributed by atoms with E-state index in [0.717, 1.165) is 55.1 Å². The van der Waals surface area contributed by atoms with E-state index in [1.54, 1.807) is 0 Å². The molecule has 170 valence electrons. The van der Waals surface area contributed by atoms with Gasteiger partial charge in [0.15, 0.2) is 11.5 Å². The molecule has 2 aliphatic rings. The van der Waals surface area contributed by atoms with Crippen molar-refractivity contribution in [1.82, 2.24) is 10.2 Å². The van der Waals surface area contributed by atoms with Gasteiger partial charge in [-0.3, -0.25) is 4.90 Å². The number of nitrogens with one attached hydrogen (secondary N) is 1. The summed E-state index contributed by atoms with van der Waals surface area (Å²) < 4.78 is 16.7. The van der Waals surface area contributed by atoms with Gasteiger partial charge in [-0.25, -0.2) is 4.79 Å². The van der Waals surface area contributed by atoms with Crippen LogP contribution in [0.3, 0.4) is 0 Å². The van der Waals surface area contributed by atoms with Crippen molar-refractivity contribution in [2.75, 3.05) is 19.9 Å². The first-order chi connectivity index (χ1) is 16.2. The molecular formula is C27H28N2O4. The smallest absolute Gasteiger partial charge is 0.408 e. The minimum Gasteiger partial charge on any atom is -0.454 e. The van der Waals surface area contributed by atoms with Crippen LogP contribution in [0.15, 0.2) is 78.9 Å². The maximum absolute atomic E-state index is 12.8. The Hall–Kier alpha value is -3.51. The molecule has 1 N–H and O–H groups in total. The lowest BCUT2D eigenvalue weighted by atomic mass is 9.99. The summed E-state index contributed by atoms with van der Waals surface area (Å²) in [5.74, 6) is 1.62. The molecule has 0 atom stereocenters. The molecule has 6 heteroatoms. The van der Waals surface area contributed by atoms with Gasteiger partial charge >= 0.3 is 6.09 Å². The fourth-order valence-electron chi connectivity index (χ4n) is 4.44. The number of hydrogen-bond acceptors (Lipinski definition) is 5. The molecule has 0 aliphatic carbocycles. The summed E-state index contributed by atoms with van der Waals surface area (Å²) >= 11 is 0. The number of likely N-dealkylation sites (tertiary alicyclic amines) is 1. The number of benzene rings is 3. The fourth-order valence-corrected chi connectivity index (χ4v) is 4.44. The number of carbonyl (C=O) groups is 1. The Morgan fingerprint density at radius 1 is 0.909 bits per heavy atom. The molecule has 6 nitrogen and oxygen atoms in total. The van der Waals surface area contributed by atoms with Crippen molar-refractivity contribution < 1.29 is 19.0 Å². The quantitative estimate of drug-likeness (QED) is 0.586.